The number of ether oxygens (including phenoxy) is 1. The van der Waals surface area contributed by atoms with Gasteiger partial charge in [0, 0.05) is 29.4 Å². The first kappa shape index (κ1) is 9.65. The lowest BCUT2D eigenvalue weighted by Crippen LogP contribution is -1.96. The Kier molecular flexibility index (Phi) is 1.98. The number of nitrogens with one attached hydrogen (secondary N) is 1. The molecule has 0 amide bonds. The van der Waals surface area contributed by atoms with Gasteiger partial charge in [-0.2, -0.15) is 0 Å². The Hall–Kier alpha value is -2.56. The zero-order valence-corrected chi connectivity index (χ0v) is 8.81. The summed E-state index contributed by atoms with van der Waals surface area (Å²) in [4.78, 5) is 18.7. The van der Waals surface area contributed by atoms with Crippen LogP contribution in [0.1, 0.15) is 5.56 Å². The minimum atomic E-state index is -0.222. The van der Waals surface area contributed by atoms with Crippen molar-refractivity contribution in [2.45, 2.75) is 0 Å². The van der Waals surface area contributed by atoms with Crippen LogP contribution >= 0.6 is 0 Å². The highest BCUT2D eigenvalue weighted by Gasteiger charge is 2.18. The van der Waals surface area contributed by atoms with Crippen LogP contribution in [0, 0.1) is 0 Å². The highest BCUT2D eigenvalue weighted by atomic mass is 16.5. The molecular formula is C12H9N3O2. The van der Waals surface area contributed by atoms with Gasteiger partial charge in [-0.05, 0) is 18.2 Å². The highest BCUT2D eigenvalue weighted by molar-refractivity contribution is 6.08. The lowest BCUT2D eigenvalue weighted by molar-refractivity contribution is -0.112. The quantitative estimate of drug-likeness (QED) is 0.719. The number of carbonyl (C=O) groups is 1. The van der Waals surface area contributed by atoms with E-state index in [4.69, 9.17) is 10.5 Å². The summed E-state index contributed by atoms with van der Waals surface area (Å²) in [5.74, 6) is 0.132. The summed E-state index contributed by atoms with van der Waals surface area (Å²) in [6, 6.07) is 3.75. The zero-order valence-electron chi connectivity index (χ0n) is 8.81. The number of pyridine rings is 1. The lowest BCUT2D eigenvalue weighted by atomic mass is 10.2. The molecule has 0 aromatic carbocycles. The fraction of sp³-hybridized carbons (Fsp3) is 0. The van der Waals surface area contributed by atoms with E-state index in [0.717, 1.165) is 16.6 Å². The molecule has 0 spiro atoms. The summed E-state index contributed by atoms with van der Waals surface area (Å²) >= 11 is 0. The van der Waals surface area contributed by atoms with Crippen LogP contribution < -0.4 is 5.73 Å². The molecule has 0 saturated carbocycles. The fourth-order valence-electron chi connectivity index (χ4n) is 1.75. The van der Waals surface area contributed by atoms with E-state index in [1.165, 1.54) is 6.08 Å². The number of hydrogen-bond acceptors (Lipinski definition) is 4. The summed E-state index contributed by atoms with van der Waals surface area (Å²) in [6.07, 6.45) is 6.39. The molecule has 5 heteroatoms. The van der Waals surface area contributed by atoms with E-state index in [1.54, 1.807) is 18.5 Å². The Morgan fingerprint density at radius 3 is 3.12 bits per heavy atom. The van der Waals surface area contributed by atoms with E-state index in [0.29, 0.717) is 0 Å². The van der Waals surface area contributed by atoms with Crippen molar-refractivity contribution in [1.29, 1.82) is 0 Å². The van der Waals surface area contributed by atoms with Crippen LogP contribution in [0.15, 0.2) is 42.2 Å². The third-order valence-electron chi connectivity index (χ3n) is 2.51. The maximum Gasteiger partial charge on any atom is 0.226 e. The Labute approximate surface area is 96.6 Å². The number of H-pyrrole nitrogens is 1. The summed E-state index contributed by atoms with van der Waals surface area (Å²) in [5.41, 5.74) is 7.03. The molecule has 3 N–H and O–H groups in total. The van der Waals surface area contributed by atoms with Crippen LogP contribution in [-0.2, 0) is 9.53 Å². The maximum atomic E-state index is 11.5. The summed E-state index contributed by atoms with van der Waals surface area (Å²) < 4.78 is 5.11. The molecule has 3 heterocycles. The zero-order chi connectivity index (χ0) is 11.8. The van der Waals surface area contributed by atoms with Crippen LogP contribution in [0.5, 0.6) is 0 Å². The van der Waals surface area contributed by atoms with Crippen LogP contribution in [0.4, 0.5) is 0 Å². The Balaban J connectivity index is 2.07. The average Bonchev–Trinajstić information content (AvgIpc) is 2.85. The van der Waals surface area contributed by atoms with Crippen LogP contribution in [0.2, 0.25) is 0 Å². The van der Waals surface area contributed by atoms with Gasteiger partial charge in [0.05, 0.1) is 0 Å². The minimum absolute atomic E-state index is 0.124. The summed E-state index contributed by atoms with van der Waals surface area (Å²) in [6.45, 7) is 0. The largest absolute Gasteiger partial charge is 0.437 e. The molecular weight excluding hydrogens is 218 g/mol. The molecule has 3 rings (SSSR count). The number of allylic oxidation sites excluding steroid dienone is 1. The van der Waals surface area contributed by atoms with Crippen molar-refractivity contribution >= 4 is 22.9 Å². The Morgan fingerprint density at radius 2 is 2.35 bits per heavy atom. The first-order valence-corrected chi connectivity index (χ1v) is 5.07. The maximum absolute atomic E-state index is 11.5. The van der Waals surface area contributed by atoms with E-state index in [1.807, 2.05) is 12.1 Å². The molecule has 17 heavy (non-hydrogen) atoms. The molecule has 0 fully saturated rings. The number of ketones is 1. The molecule has 1 aliphatic heterocycles. The van der Waals surface area contributed by atoms with Crippen molar-refractivity contribution in [2.75, 3.05) is 0 Å². The monoisotopic (exact) mass is 227 g/mol. The molecule has 84 valence electrons. The lowest BCUT2D eigenvalue weighted by Gasteiger charge is -1.97. The number of aromatic nitrogens is 2. The molecule has 2 aromatic heterocycles. The first-order valence-electron chi connectivity index (χ1n) is 5.07. The number of aromatic amines is 1. The second-order valence-corrected chi connectivity index (χ2v) is 3.67. The average molecular weight is 227 g/mol. The van der Waals surface area contributed by atoms with E-state index >= 15 is 0 Å². The predicted molar refractivity (Wildman–Crippen MR) is 62.4 cm³/mol. The Bertz CT molecular complexity index is 667. The molecule has 5 nitrogen and oxygen atoms in total. The van der Waals surface area contributed by atoms with Gasteiger partial charge in [-0.25, -0.2) is 4.98 Å². The summed E-state index contributed by atoms with van der Waals surface area (Å²) in [7, 11) is 0. The van der Waals surface area contributed by atoms with Crippen molar-refractivity contribution in [2.24, 2.45) is 5.73 Å². The number of nitrogens with two attached hydrogens (primary N) is 1. The van der Waals surface area contributed by atoms with Gasteiger partial charge in [-0.1, -0.05) is 0 Å². The molecule has 0 saturated heterocycles. The molecule has 0 radical (unpaired) electrons. The smallest absolute Gasteiger partial charge is 0.226 e. The van der Waals surface area contributed by atoms with Gasteiger partial charge >= 0.3 is 0 Å². The molecule has 0 unspecified atom stereocenters. The summed E-state index contributed by atoms with van der Waals surface area (Å²) in [5, 5.41) is 0.932. The number of hydrogen-bond donors (Lipinski definition) is 2. The van der Waals surface area contributed by atoms with E-state index in [-0.39, 0.29) is 17.4 Å². The van der Waals surface area contributed by atoms with Crippen LogP contribution in [0.3, 0.4) is 0 Å². The molecule has 0 aliphatic carbocycles. The van der Waals surface area contributed by atoms with Gasteiger partial charge in [-0.15, -0.1) is 0 Å². The van der Waals surface area contributed by atoms with Crippen molar-refractivity contribution < 1.29 is 9.53 Å². The molecule has 1 aliphatic rings. The van der Waals surface area contributed by atoms with Crippen molar-refractivity contribution in [1.82, 2.24) is 9.97 Å². The van der Waals surface area contributed by atoms with Crippen molar-refractivity contribution in [3.8, 4) is 0 Å². The van der Waals surface area contributed by atoms with Gasteiger partial charge in [0.2, 0.25) is 5.78 Å². The number of fused-ring (bicyclic) bond motifs is 1. The third kappa shape index (κ3) is 1.57. The Morgan fingerprint density at radius 1 is 1.47 bits per heavy atom. The molecule has 0 atom stereocenters. The SMILES string of the molecule is NC1=CC(=O)/C(=C/c2c[nH]c3ncccc23)O1. The van der Waals surface area contributed by atoms with Crippen LogP contribution in [-0.4, -0.2) is 15.8 Å². The predicted octanol–water partition coefficient (Wildman–Crippen LogP) is 1.30. The highest BCUT2D eigenvalue weighted by Crippen LogP contribution is 2.22. The van der Waals surface area contributed by atoms with Crippen molar-refractivity contribution in [3.63, 3.8) is 0 Å². The van der Waals surface area contributed by atoms with Crippen molar-refractivity contribution in [3.05, 3.63) is 47.8 Å². The number of nitrogens with zero attached hydrogens (tertiary/aromatic N) is 1. The van der Waals surface area contributed by atoms with E-state index in [9.17, 15) is 4.79 Å². The van der Waals surface area contributed by atoms with Gasteiger partial charge in [0.15, 0.2) is 11.6 Å². The fourth-order valence-corrected chi connectivity index (χ4v) is 1.75. The van der Waals surface area contributed by atoms with Gasteiger partial charge in [0.25, 0.3) is 0 Å². The topological polar surface area (TPSA) is 81.0 Å². The minimum Gasteiger partial charge on any atom is -0.437 e. The van der Waals surface area contributed by atoms with E-state index in [2.05, 4.69) is 9.97 Å². The second-order valence-electron chi connectivity index (χ2n) is 3.67. The third-order valence-corrected chi connectivity index (χ3v) is 2.51. The molecule has 0 bridgehead atoms. The first-order chi connectivity index (χ1) is 8.24. The van der Waals surface area contributed by atoms with E-state index < -0.39 is 0 Å². The molecule has 2 aromatic rings. The number of carbonyl (C=O) groups excluding carboxylic acids is 1. The van der Waals surface area contributed by atoms with Crippen LogP contribution in [0.25, 0.3) is 17.1 Å². The van der Waals surface area contributed by atoms with Gasteiger partial charge in [0.1, 0.15) is 5.65 Å². The van der Waals surface area contributed by atoms with Gasteiger partial charge < -0.3 is 15.5 Å². The number of rotatable bonds is 1. The standard InChI is InChI=1S/C12H9N3O2/c13-11-5-9(16)10(17-11)4-7-6-15-12-8(7)2-1-3-14-12/h1-6H,13H2,(H,14,15)/b10-4-. The van der Waals surface area contributed by atoms with Gasteiger partial charge in [-0.3, -0.25) is 4.79 Å². The normalized spacial score (nSPS) is 17.5. The second kappa shape index (κ2) is 3.48.